The molecule has 4 aromatic rings. The fraction of sp³-hybridized carbons (Fsp3) is 0.207. The van der Waals surface area contributed by atoms with Crippen molar-refractivity contribution in [1.29, 1.82) is 0 Å². The number of thioether (sulfide) groups is 1. The Labute approximate surface area is 230 Å². The predicted molar refractivity (Wildman–Crippen MR) is 154 cm³/mol. The van der Waals surface area contributed by atoms with Crippen molar-refractivity contribution >= 4 is 46.3 Å². The van der Waals surface area contributed by atoms with Gasteiger partial charge in [0.25, 0.3) is 5.91 Å². The molecule has 1 N–H and O–H groups in total. The number of nitrogens with zero attached hydrogens (tertiary/aromatic N) is 3. The number of methoxy groups -OCH3 is 1. The van der Waals surface area contributed by atoms with Crippen LogP contribution in [0.1, 0.15) is 10.4 Å². The Bertz CT molecular complexity index is 1370. The normalized spacial score (nSPS) is 13.3. The average molecular weight is 545 g/mol. The third-order valence-corrected chi connectivity index (χ3v) is 8.32. The summed E-state index contributed by atoms with van der Waals surface area (Å²) in [5.41, 5.74) is 4.51. The number of ether oxygens (including phenoxy) is 1. The molecule has 2 heterocycles. The Morgan fingerprint density at radius 2 is 1.66 bits per heavy atom. The standard InChI is InChI=1S/C29H28N4O3S2/c1-36-25-13-7-22(8-14-25)28(35)33-17-15-32(16-18-33)24-11-9-23(10-12-24)30-27(34)20-38-29-31-26(19-37-29)21-5-3-2-4-6-21/h2-14,19H,15-18,20H2,1H3,(H,30,34). The van der Waals surface area contributed by atoms with Gasteiger partial charge in [0.2, 0.25) is 5.91 Å². The second-order valence-electron chi connectivity index (χ2n) is 8.76. The molecule has 1 aromatic heterocycles. The van der Waals surface area contributed by atoms with Crippen LogP contribution in [-0.4, -0.2) is 60.7 Å². The van der Waals surface area contributed by atoms with Gasteiger partial charge in [0, 0.05) is 54.1 Å². The van der Waals surface area contributed by atoms with Crippen LogP contribution in [0.3, 0.4) is 0 Å². The number of carbonyl (C=O) groups excluding carboxylic acids is 2. The van der Waals surface area contributed by atoms with Crippen molar-refractivity contribution in [1.82, 2.24) is 9.88 Å². The van der Waals surface area contributed by atoms with E-state index in [0.717, 1.165) is 45.8 Å². The molecule has 2 amide bonds. The van der Waals surface area contributed by atoms with Crippen LogP contribution in [0.25, 0.3) is 11.3 Å². The summed E-state index contributed by atoms with van der Waals surface area (Å²) in [4.78, 5) is 34.1. The van der Waals surface area contributed by atoms with Gasteiger partial charge in [-0.25, -0.2) is 4.98 Å². The Balaban J connectivity index is 1.08. The molecular formula is C29H28N4O3S2. The smallest absolute Gasteiger partial charge is 0.253 e. The molecule has 3 aromatic carbocycles. The predicted octanol–water partition coefficient (Wildman–Crippen LogP) is 5.51. The number of anilines is 2. The first-order valence-electron chi connectivity index (χ1n) is 12.3. The SMILES string of the molecule is COc1ccc(C(=O)N2CCN(c3ccc(NC(=O)CSc4nc(-c5ccccc5)cs4)cc3)CC2)cc1. The van der Waals surface area contributed by atoms with Gasteiger partial charge in [0.1, 0.15) is 5.75 Å². The second-order valence-corrected chi connectivity index (χ2v) is 10.8. The lowest BCUT2D eigenvalue weighted by atomic mass is 10.1. The number of thiazole rings is 1. The molecule has 9 heteroatoms. The second kappa shape index (κ2) is 12.1. The highest BCUT2D eigenvalue weighted by molar-refractivity contribution is 8.01. The highest BCUT2D eigenvalue weighted by atomic mass is 32.2. The topological polar surface area (TPSA) is 74.8 Å². The number of rotatable bonds is 8. The van der Waals surface area contributed by atoms with Crippen molar-refractivity contribution in [2.45, 2.75) is 4.34 Å². The zero-order chi connectivity index (χ0) is 26.3. The zero-order valence-electron chi connectivity index (χ0n) is 21.0. The summed E-state index contributed by atoms with van der Waals surface area (Å²) in [6, 6.07) is 25.1. The summed E-state index contributed by atoms with van der Waals surface area (Å²) in [5.74, 6) is 1.01. The van der Waals surface area contributed by atoms with Crippen LogP contribution in [0.2, 0.25) is 0 Å². The lowest BCUT2D eigenvalue weighted by molar-refractivity contribution is -0.113. The first-order valence-corrected chi connectivity index (χ1v) is 14.2. The molecule has 0 radical (unpaired) electrons. The van der Waals surface area contributed by atoms with Crippen molar-refractivity contribution < 1.29 is 14.3 Å². The lowest BCUT2D eigenvalue weighted by Crippen LogP contribution is -2.48. The molecule has 1 aliphatic rings. The van der Waals surface area contributed by atoms with Gasteiger partial charge in [-0.3, -0.25) is 9.59 Å². The van der Waals surface area contributed by atoms with Gasteiger partial charge in [0.05, 0.1) is 18.6 Å². The number of amides is 2. The molecule has 0 unspecified atom stereocenters. The molecular weight excluding hydrogens is 516 g/mol. The van der Waals surface area contributed by atoms with E-state index >= 15 is 0 Å². The summed E-state index contributed by atoms with van der Waals surface area (Å²) in [7, 11) is 1.61. The highest BCUT2D eigenvalue weighted by Gasteiger charge is 2.22. The van der Waals surface area contributed by atoms with Gasteiger partial charge in [0.15, 0.2) is 4.34 Å². The number of hydrogen-bond acceptors (Lipinski definition) is 7. The maximum atomic E-state index is 12.8. The molecule has 194 valence electrons. The van der Waals surface area contributed by atoms with Gasteiger partial charge in [-0.1, -0.05) is 42.1 Å². The molecule has 0 spiro atoms. The maximum Gasteiger partial charge on any atom is 0.253 e. The number of carbonyl (C=O) groups is 2. The molecule has 38 heavy (non-hydrogen) atoms. The van der Waals surface area contributed by atoms with Gasteiger partial charge >= 0.3 is 0 Å². The quantitative estimate of drug-likeness (QED) is 0.295. The molecule has 7 nitrogen and oxygen atoms in total. The van der Waals surface area contributed by atoms with Crippen molar-refractivity contribution in [3.05, 3.63) is 89.8 Å². The number of nitrogens with one attached hydrogen (secondary N) is 1. The van der Waals surface area contributed by atoms with E-state index in [1.807, 2.05) is 77.0 Å². The van der Waals surface area contributed by atoms with Crippen molar-refractivity contribution in [2.24, 2.45) is 0 Å². The van der Waals surface area contributed by atoms with Crippen LogP contribution in [0.15, 0.2) is 88.6 Å². The lowest BCUT2D eigenvalue weighted by Gasteiger charge is -2.36. The molecule has 0 aliphatic carbocycles. The van der Waals surface area contributed by atoms with Crippen molar-refractivity contribution in [3.63, 3.8) is 0 Å². The molecule has 0 bridgehead atoms. The number of aromatic nitrogens is 1. The van der Waals surface area contributed by atoms with E-state index in [1.165, 1.54) is 11.8 Å². The van der Waals surface area contributed by atoms with Crippen LogP contribution >= 0.6 is 23.1 Å². The minimum atomic E-state index is -0.0649. The van der Waals surface area contributed by atoms with E-state index in [9.17, 15) is 9.59 Å². The molecule has 0 saturated carbocycles. The molecule has 1 saturated heterocycles. The first-order chi connectivity index (χ1) is 18.6. The van der Waals surface area contributed by atoms with Gasteiger partial charge in [-0.15, -0.1) is 11.3 Å². The minimum Gasteiger partial charge on any atom is -0.497 e. The third kappa shape index (κ3) is 6.35. The maximum absolute atomic E-state index is 12.8. The van der Waals surface area contributed by atoms with E-state index in [-0.39, 0.29) is 11.8 Å². The summed E-state index contributed by atoms with van der Waals surface area (Å²) in [6.45, 7) is 2.82. The van der Waals surface area contributed by atoms with Crippen LogP contribution < -0.4 is 15.0 Å². The van der Waals surface area contributed by atoms with Crippen molar-refractivity contribution in [3.8, 4) is 17.0 Å². The van der Waals surface area contributed by atoms with E-state index in [1.54, 1.807) is 30.6 Å². The van der Waals surface area contributed by atoms with E-state index < -0.39 is 0 Å². The van der Waals surface area contributed by atoms with Gasteiger partial charge in [-0.05, 0) is 48.5 Å². The summed E-state index contributed by atoms with van der Waals surface area (Å²) in [6.07, 6.45) is 0. The van der Waals surface area contributed by atoms with Crippen LogP contribution in [0, 0.1) is 0 Å². The summed E-state index contributed by atoms with van der Waals surface area (Å²) in [5, 5.41) is 4.98. The van der Waals surface area contributed by atoms with Gasteiger partial charge < -0.3 is 19.9 Å². The molecule has 5 rings (SSSR count). The van der Waals surface area contributed by atoms with E-state index in [0.29, 0.717) is 24.4 Å². The molecule has 1 fully saturated rings. The third-order valence-electron chi connectivity index (χ3n) is 6.30. The minimum absolute atomic E-state index is 0.0391. The molecule has 0 atom stereocenters. The number of benzene rings is 3. The highest BCUT2D eigenvalue weighted by Crippen LogP contribution is 2.28. The van der Waals surface area contributed by atoms with E-state index in [4.69, 9.17) is 4.74 Å². The Hall–Kier alpha value is -3.82. The van der Waals surface area contributed by atoms with Crippen LogP contribution in [0.4, 0.5) is 11.4 Å². The zero-order valence-corrected chi connectivity index (χ0v) is 22.6. The Morgan fingerprint density at radius 3 is 2.34 bits per heavy atom. The first kappa shape index (κ1) is 25.8. The van der Waals surface area contributed by atoms with Crippen LogP contribution in [-0.2, 0) is 4.79 Å². The van der Waals surface area contributed by atoms with E-state index in [2.05, 4.69) is 15.2 Å². The monoisotopic (exact) mass is 544 g/mol. The Morgan fingerprint density at radius 1 is 0.947 bits per heavy atom. The fourth-order valence-electron chi connectivity index (χ4n) is 4.23. The van der Waals surface area contributed by atoms with Crippen LogP contribution in [0.5, 0.6) is 5.75 Å². The summed E-state index contributed by atoms with van der Waals surface area (Å²) < 4.78 is 6.05. The van der Waals surface area contributed by atoms with Crippen molar-refractivity contribution in [2.75, 3.05) is 49.3 Å². The van der Waals surface area contributed by atoms with Gasteiger partial charge in [-0.2, -0.15) is 0 Å². The number of piperazine rings is 1. The largest absolute Gasteiger partial charge is 0.497 e. The summed E-state index contributed by atoms with van der Waals surface area (Å²) >= 11 is 2.99. The Kier molecular flexibility index (Phi) is 8.25. The molecule has 1 aliphatic heterocycles. The fourth-order valence-corrected chi connectivity index (χ4v) is 5.86. The number of hydrogen-bond donors (Lipinski definition) is 1. The average Bonchev–Trinajstić information content (AvgIpc) is 3.46.